The van der Waals surface area contributed by atoms with E-state index in [2.05, 4.69) is 217 Å². The van der Waals surface area contributed by atoms with Crippen molar-refractivity contribution in [3.8, 4) is 44.5 Å². The maximum absolute atomic E-state index is 6.24. The summed E-state index contributed by atoms with van der Waals surface area (Å²) in [5.74, 6) is 0. The third kappa shape index (κ3) is 5.93. The summed E-state index contributed by atoms with van der Waals surface area (Å²) in [6.07, 6.45) is 0. The van der Waals surface area contributed by atoms with E-state index in [0.29, 0.717) is 0 Å². The normalized spacial score (nSPS) is 11.6. The van der Waals surface area contributed by atoms with Crippen LogP contribution in [-0.2, 0) is 0 Å². The van der Waals surface area contributed by atoms with E-state index >= 15 is 0 Å². The van der Waals surface area contributed by atoms with Gasteiger partial charge in [0.2, 0.25) is 0 Å². The van der Waals surface area contributed by atoms with Crippen molar-refractivity contribution in [3.63, 3.8) is 0 Å². The van der Waals surface area contributed by atoms with Crippen molar-refractivity contribution in [2.75, 3.05) is 4.90 Å². The first-order valence-electron chi connectivity index (χ1n) is 20.7. The van der Waals surface area contributed by atoms with Crippen molar-refractivity contribution >= 4 is 81.3 Å². The van der Waals surface area contributed by atoms with Crippen LogP contribution in [-0.4, -0.2) is 0 Å². The average Bonchev–Trinajstić information content (AvgIpc) is 3.90. The van der Waals surface area contributed by atoms with Crippen LogP contribution >= 0.6 is 11.3 Å². The second kappa shape index (κ2) is 14.5. The van der Waals surface area contributed by atoms with Gasteiger partial charge in [0.25, 0.3) is 0 Å². The summed E-state index contributed by atoms with van der Waals surface area (Å²) in [6, 6.07) is 81.4. The van der Waals surface area contributed by atoms with Gasteiger partial charge in [-0.1, -0.05) is 176 Å². The lowest BCUT2D eigenvalue weighted by Crippen LogP contribution is -2.12. The average molecular weight is 796 g/mol. The Balaban J connectivity index is 1.11. The third-order valence-corrected chi connectivity index (χ3v) is 13.3. The molecule has 0 spiro atoms. The molecular formula is C58H37NOS. The maximum Gasteiger partial charge on any atom is 0.135 e. The van der Waals surface area contributed by atoms with Gasteiger partial charge in [0.15, 0.2) is 0 Å². The Morgan fingerprint density at radius 3 is 1.75 bits per heavy atom. The highest BCUT2D eigenvalue weighted by Gasteiger charge is 2.24. The van der Waals surface area contributed by atoms with Crippen molar-refractivity contribution in [1.29, 1.82) is 0 Å². The van der Waals surface area contributed by atoms with Crippen LogP contribution in [0.5, 0.6) is 0 Å². The number of thiophene rings is 1. The molecule has 0 bridgehead atoms. The van der Waals surface area contributed by atoms with E-state index in [1.165, 1.54) is 58.8 Å². The van der Waals surface area contributed by atoms with E-state index in [0.717, 1.165) is 55.7 Å². The largest absolute Gasteiger partial charge is 0.456 e. The van der Waals surface area contributed by atoms with Gasteiger partial charge in [-0.05, 0) is 87.1 Å². The Bertz CT molecular complexity index is 3610. The van der Waals surface area contributed by atoms with Crippen LogP contribution in [0.25, 0.3) is 97.4 Å². The first-order chi connectivity index (χ1) is 30.3. The van der Waals surface area contributed by atoms with Gasteiger partial charge in [-0.2, -0.15) is 0 Å². The molecule has 0 aliphatic heterocycles. The van der Waals surface area contributed by atoms with Gasteiger partial charge in [0.1, 0.15) is 11.2 Å². The van der Waals surface area contributed by atoms with E-state index in [1.807, 2.05) is 23.5 Å². The molecule has 12 aromatic rings. The van der Waals surface area contributed by atoms with Gasteiger partial charge >= 0.3 is 0 Å². The minimum Gasteiger partial charge on any atom is -0.456 e. The first-order valence-corrected chi connectivity index (χ1v) is 21.6. The number of rotatable bonds is 7. The zero-order valence-corrected chi connectivity index (χ0v) is 33.9. The number of hydrogen-bond donors (Lipinski definition) is 0. The highest BCUT2D eigenvalue weighted by Crippen LogP contribution is 2.49. The lowest BCUT2D eigenvalue weighted by atomic mass is 9.90. The number of furan rings is 1. The molecule has 3 heteroatoms. The molecule has 2 heterocycles. The summed E-state index contributed by atoms with van der Waals surface area (Å²) in [7, 11) is 0. The monoisotopic (exact) mass is 795 g/mol. The zero-order valence-electron chi connectivity index (χ0n) is 33.1. The molecular weight excluding hydrogens is 759 g/mol. The van der Waals surface area contributed by atoms with Crippen LogP contribution in [0.4, 0.5) is 17.1 Å². The summed E-state index contributed by atoms with van der Waals surface area (Å²) in [6.45, 7) is 0. The van der Waals surface area contributed by atoms with Crippen LogP contribution < -0.4 is 4.90 Å². The number of anilines is 3. The lowest BCUT2D eigenvalue weighted by Gasteiger charge is -2.30. The molecule has 0 unspecified atom stereocenters. The minimum absolute atomic E-state index is 0.894. The summed E-state index contributed by atoms with van der Waals surface area (Å²) in [4.78, 5) is 2.48. The Hall–Kier alpha value is -7.72. The van der Waals surface area contributed by atoms with Crippen LogP contribution in [0.3, 0.4) is 0 Å². The summed E-state index contributed by atoms with van der Waals surface area (Å²) in [5.41, 5.74) is 14.5. The minimum atomic E-state index is 0.894. The van der Waals surface area contributed by atoms with Crippen molar-refractivity contribution < 1.29 is 4.42 Å². The molecule has 0 amide bonds. The number of benzene rings is 10. The topological polar surface area (TPSA) is 16.4 Å². The van der Waals surface area contributed by atoms with E-state index < -0.39 is 0 Å². The molecule has 0 N–H and O–H groups in total. The summed E-state index contributed by atoms with van der Waals surface area (Å²) >= 11 is 1.87. The number of nitrogens with zero attached hydrogens (tertiary/aromatic N) is 1. The number of hydrogen-bond acceptors (Lipinski definition) is 3. The second-order valence-corrected chi connectivity index (χ2v) is 16.6. The molecule has 286 valence electrons. The predicted molar refractivity (Wildman–Crippen MR) is 261 cm³/mol. The molecule has 0 saturated carbocycles. The molecule has 61 heavy (non-hydrogen) atoms. The van der Waals surface area contributed by atoms with Crippen molar-refractivity contribution in [2.24, 2.45) is 0 Å². The van der Waals surface area contributed by atoms with Gasteiger partial charge < -0.3 is 9.32 Å². The van der Waals surface area contributed by atoms with Crippen LogP contribution in [0, 0.1) is 0 Å². The fourth-order valence-electron chi connectivity index (χ4n) is 9.31. The summed E-state index contributed by atoms with van der Waals surface area (Å²) < 4.78 is 8.83. The molecule has 2 aromatic heterocycles. The molecule has 10 aromatic carbocycles. The Morgan fingerprint density at radius 2 is 0.918 bits per heavy atom. The van der Waals surface area contributed by atoms with Crippen LogP contribution in [0.15, 0.2) is 229 Å². The first kappa shape index (κ1) is 35.2. The highest BCUT2D eigenvalue weighted by atomic mass is 32.1. The van der Waals surface area contributed by atoms with Crippen molar-refractivity contribution in [3.05, 3.63) is 224 Å². The molecule has 0 radical (unpaired) electrons. The molecule has 0 fully saturated rings. The van der Waals surface area contributed by atoms with Gasteiger partial charge in [-0.15, -0.1) is 11.3 Å². The van der Waals surface area contributed by atoms with Gasteiger partial charge in [0, 0.05) is 53.3 Å². The van der Waals surface area contributed by atoms with E-state index in [4.69, 9.17) is 4.42 Å². The second-order valence-electron chi connectivity index (χ2n) is 15.6. The van der Waals surface area contributed by atoms with Crippen LogP contribution in [0.2, 0.25) is 0 Å². The zero-order chi connectivity index (χ0) is 40.3. The number of fused-ring (bicyclic) bond motifs is 7. The van der Waals surface area contributed by atoms with E-state index in [-0.39, 0.29) is 0 Å². The summed E-state index contributed by atoms with van der Waals surface area (Å²) in [5, 5.41) is 7.27. The van der Waals surface area contributed by atoms with Gasteiger partial charge in [-0.3, -0.25) is 0 Å². The van der Waals surface area contributed by atoms with Crippen molar-refractivity contribution in [2.45, 2.75) is 0 Å². The lowest BCUT2D eigenvalue weighted by molar-refractivity contribution is 0.669. The molecule has 0 saturated heterocycles. The SMILES string of the molecule is c1ccc(-c2cccc3cccc(-c4ccccc4N(c4cccc(-c5ccc6oc7ccccc7c6c5)c4)c4ccccc4-c4cccc5c4sc4ccccc45)c23)cc1. The third-order valence-electron chi connectivity index (χ3n) is 12.1. The predicted octanol–water partition coefficient (Wildman–Crippen LogP) is 17.2. The highest BCUT2D eigenvalue weighted by molar-refractivity contribution is 7.26. The fraction of sp³-hybridized carbons (Fsp3) is 0. The van der Waals surface area contributed by atoms with Gasteiger partial charge in [-0.25, -0.2) is 0 Å². The maximum atomic E-state index is 6.24. The fourth-order valence-corrected chi connectivity index (χ4v) is 10.5. The van der Waals surface area contributed by atoms with Gasteiger partial charge in [0.05, 0.1) is 11.4 Å². The molecule has 0 atom stereocenters. The van der Waals surface area contributed by atoms with E-state index in [1.54, 1.807) is 0 Å². The Morgan fingerprint density at radius 1 is 0.344 bits per heavy atom. The van der Waals surface area contributed by atoms with Crippen molar-refractivity contribution in [1.82, 2.24) is 0 Å². The van der Waals surface area contributed by atoms with E-state index in [9.17, 15) is 0 Å². The number of para-hydroxylation sites is 3. The van der Waals surface area contributed by atoms with Crippen LogP contribution in [0.1, 0.15) is 0 Å². The Kier molecular flexibility index (Phi) is 8.39. The molecule has 0 aliphatic carbocycles. The standard InChI is InChI=1S/C58H37NOS/c1-2-16-38(17-3-1)43-26-13-18-39-19-14-27-48(57(39)43)44-22-4-8-30-52(44)59(42-21-12-20-40(36-42)41-34-35-55-51(37-41)46-24-6-10-32-54(46)60-55)53-31-9-5-23-45(53)49-28-15-29-50-47-25-7-11-33-56(47)61-58(49)50/h1-37H. The smallest absolute Gasteiger partial charge is 0.135 e. The quantitative estimate of drug-likeness (QED) is 0.160. The molecule has 0 aliphatic rings. The Labute approximate surface area is 357 Å². The molecule has 12 rings (SSSR count). The molecule has 2 nitrogen and oxygen atoms in total.